The molecule has 7 heteroatoms. The number of hydrogen-bond acceptors (Lipinski definition) is 5. The molecule has 0 spiro atoms. The van der Waals surface area contributed by atoms with Crippen molar-refractivity contribution < 1.29 is 18.7 Å². The summed E-state index contributed by atoms with van der Waals surface area (Å²) in [6, 6.07) is 7.30. The Labute approximate surface area is 140 Å². The van der Waals surface area contributed by atoms with Gasteiger partial charge in [0, 0.05) is 12.2 Å². The molecule has 2 rings (SSSR count). The van der Waals surface area contributed by atoms with E-state index in [-0.39, 0.29) is 24.2 Å². The quantitative estimate of drug-likeness (QED) is 0.822. The summed E-state index contributed by atoms with van der Waals surface area (Å²) in [6.07, 6.45) is 2.01. The van der Waals surface area contributed by atoms with E-state index >= 15 is 0 Å². The highest BCUT2D eigenvalue weighted by molar-refractivity contribution is 5.90. The first-order valence-corrected chi connectivity index (χ1v) is 7.69. The second kappa shape index (κ2) is 8.14. The number of esters is 1. The summed E-state index contributed by atoms with van der Waals surface area (Å²) in [6.45, 7) is 4.61. The van der Waals surface area contributed by atoms with Gasteiger partial charge in [0.1, 0.15) is 6.26 Å². The van der Waals surface area contributed by atoms with Crippen molar-refractivity contribution in [3.8, 4) is 0 Å². The molecule has 24 heavy (non-hydrogen) atoms. The number of benzene rings is 1. The SMILES string of the molecule is CCCN(Cc1nc(C(=O)OC)co1)C(=O)Nc1ccccc1C. The first kappa shape index (κ1) is 17.5. The van der Waals surface area contributed by atoms with Crippen molar-refractivity contribution >= 4 is 17.7 Å². The molecule has 0 radical (unpaired) electrons. The highest BCUT2D eigenvalue weighted by atomic mass is 16.5. The maximum Gasteiger partial charge on any atom is 0.360 e. The Kier molecular flexibility index (Phi) is 5.95. The fourth-order valence-corrected chi connectivity index (χ4v) is 2.17. The van der Waals surface area contributed by atoms with E-state index in [4.69, 9.17) is 4.42 Å². The Morgan fingerprint density at radius 2 is 2.08 bits per heavy atom. The maximum absolute atomic E-state index is 12.5. The van der Waals surface area contributed by atoms with Crippen LogP contribution in [-0.2, 0) is 11.3 Å². The molecule has 0 unspecified atom stereocenters. The van der Waals surface area contributed by atoms with Gasteiger partial charge in [0.15, 0.2) is 5.69 Å². The zero-order valence-corrected chi connectivity index (χ0v) is 14.0. The van der Waals surface area contributed by atoms with Crippen molar-refractivity contribution in [1.82, 2.24) is 9.88 Å². The molecule has 0 saturated heterocycles. The van der Waals surface area contributed by atoms with Gasteiger partial charge in [-0.2, -0.15) is 0 Å². The van der Waals surface area contributed by atoms with Crippen molar-refractivity contribution in [3.05, 3.63) is 47.7 Å². The third-order valence-electron chi connectivity index (χ3n) is 3.44. The number of oxazole rings is 1. The lowest BCUT2D eigenvalue weighted by molar-refractivity contribution is 0.0594. The van der Waals surface area contributed by atoms with Gasteiger partial charge in [-0.15, -0.1) is 0 Å². The van der Waals surface area contributed by atoms with Crippen LogP contribution < -0.4 is 5.32 Å². The van der Waals surface area contributed by atoms with E-state index in [1.807, 2.05) is 38.1 Å². The molecular weight excluding hydrogens is 310 g/mol. The van der Waals surface area contributed by atoms with Gasteiger partial charge >= 0.3 is 12.0 Å². The molecule has 0 fully saturated rings. The summed E-state index contributed by atoms with van der Waals surface area (Å²) < 4.78 is 9.84. The first-order valence-electron chi connectivity index (χ1n) is 7.69. The molecule has 2 aromatic rings. The van der Waals surface area contributed by atoms with Crippen LogP contribution in [0.4, 0.5) is 10.5 Å². The van der Waals surface area contributed by atoms with Crippen molar-refractivity contribution in [2.75, 3.05) is 19.0 Å². The molecule has 0 aliphatic heterocycles. The summed E-state index contributed by atoms with van der Waals surface area (Å²) >= 11 is 0. The van der Waals surface area contributed by atoms with Crippen LogP contribution in [0.2, 0.25) is 0 Å². The molecule has 0 bridgehead atoms. The lowest BCUT2D eigenvalue weighted by atomic mass is 10.2. The number of aryl methyl sites for hydroxylation is 1. The second-order valence-electron chi connectivity index (χ2n) is 5.28. The van der Waals surface area contributed by atoms with Gasteiger partial charge in [-0.25, -0.2) is 14.6 Å². The van der Waals surface area contributed by atoms with Gasteiger partial charge < -0.3 is 19.4 Å². The standard InChI is InChI=1S/C17H21N3O4/c1-4-9-20(10-15-18-14(11-24-15)16(21)23-3)17(22)19-13-8-6-5-7-12(13)2/h5-8,11H,4,9-10H2,1-3H3,(H,19,22). The predicted molar refractivity (Wildman–Crippen MR) is 88.7 cm³/mol. The van der Waals surface area contributed by atoms with E-state index in [2.05, 4.69) is 15.0 Å². The molecule has 0 saturated carbocycles. The van der Waals surface area contributed by atoms with E-state index in [0.717, 1.165) is 17.7 Å². The van der Waals surface area contributed by atoms with Crippen LogP contribution in [0.1, 0.15) is 35.3 Å². The average molecular weight is 331 g/mol. The highest BCUT2D eigenvalue weighted by Gasteiger charge is 2.18. The molecule has 7 nitrogen and oxygen atoms in total. The fourth-order valence-electron chi connectivity index (χ4n) is 2.17. The van der Waals surface area contributed by atoms with Gasteiger partial charge in [0.25, 0.3) is 0 Å². The summed E-state index contributed by atoms with van der Waals surface area (Å²) in [5.41, 5.74) is 1.82. The molecule has 1 N–H and O–H groups in total. The van der Waals surface area contributed by atoms with Crippen molar-refractivity contribution in [3.63, 3.8) is 0 Å². The summed E-state index contributed by atoms with van der Waals surface area (Å²) in [4.78, 5) is 29.6. The Hall–Kier alpha value is -2.83. The van der Waals surface area contributed by atoms with E-state index in [0.29, 0.717) is 6.54 Å². The van der Waals surface area contributed by atoms with Gasteiger partial charge in [-0.05, 0) is 25.0 Å². The number of rotatable bonds is 6. The average Bonchev–Trinajstić information content (AvgIpc) is 3.04. The molecule has 0 aliphatic carbocycles. The highest BCUT2D eigenvalue weighted by Crippen LogP contribution is 2.15. The number of hydrogen-bond donors (Lipinski definition) is 1. The topological polar surface area (TPSA) is 84.7 Å². The van der Waals surface area contributed by atoms with Crippen molar-refractivity contribution in [2.45, 2.75) is 26.8 Å². The number of amides is 2. The maximum atomic E-state index is 12.5. The molecule has 1 aromatic carbocycles. The summed E-state index contributed by atoms with van der Waals surface area (Å²) in [7, 11) is 1.27. The Balaban J connectivity index is 2.08. The van der Waals surface area contributed by atoms with Crippen LogP contribution in [0.5, 0.6) is 0 Å². The van der Waals surface area contributed by atoms with Crippen LogP contribution in [0.3, 0.4) is 0 Å². The molecule has 0 aliphatic rings. The first-order chi connectivity index (χ1) is 11.5. The van der Waals surface area contributed by atoms with Crippen LogP contribution in [0, 0.1) is 6.92 Å². The van der Waals surface area contributed by atoms with Crippen molar-refractivity contribution in [2.24, 2.45) is 0 Å². The minimum Gasteiger partial charge on any atom is -0.464 e. The van der Waals surface area contributed by atoms with Crippen LogP contribution in [-0.4, -0.2) is 35.5 Å². The van der Waals surface area contributed by atoms with E-state index in [1.165, 1.54) is 13.4 Å². The van der Waals surface area contributed by atoms with E-state index in [9.17, 15) is 9.59 Å². The van der Waals surface area contributed by atoms with Gasteiger partial charge in [-0.3, -0.25) is 0 Å². The minimum atomic E-state index is -0.573. The summed E-state index contributed by atoms with van der Waals surface area (Å²) in [5.74, 6) is -0.291. The van der Waals surface area contributed by atoms with Gasteiger partial charge in [-0.1, -0.05) is 25.1 Å². The monoisotopic (exact) mass is 331 g/mol. The third kappa shape index (κ3) is 4.34. The Morgan fingerprint density at radius 3 is 2.75 bits per heavy atom. The lowest BCUT2D eigenvalue weighted by Gasteiger charge is -2.21. The lowest BCUT2D eigenvalue weighted by Crippen LogP contribution is -2.35. The smallest absolute Gasteiger partial charge is 0.360 e. The van der Waals surface area contributed by atoms with E-state index < -0.39 is 5.97 Å². The number of ether oxygens (including phenoxy) is 1. The number of carbonyl (C=O) groups is 2. The molecule has 1 heterocycles. The Morgan fingerprint density at radius 1 is 1.33 bits per heavy atom. The second-order valence-corrected chi connectivity index (χ2v) is 5.28. The number of nitrogens with one attached hydrogen (secondary N) is 1. The van der Waals surface area contributed by atoms with Crippen LogP contribution in [0.25, 0.3) is 0 Å². The Bertz CT molecular complexity index is 711. The van der Waals surface area contributed by atoms with Crippen LogP contribution >= 0.6 is 0 Å². The normalized spacial score (nSPS) is 10.3. The van der Waals surface area contributed by atoms with Gasteiger partial charge in [0.05, 0.1) is 13.7 Å². The zero-order chi connectivity index (χ0) is 17.5. The third-order valence-corrected chi connectivity index (χ3v) is 3.44. The van der Waals surface area contributed by atoms with E-state index in [1.54, 1.807) is 4.90 Å². The number of aromatic nitrogens is 1. The zero-order valence-electron chi connectivity index (χ0n) is 14.0. The molecular formula is C17H21N3O4. The molecule has 128 valence electrons. The fraction of sp³-hybridized carbons (Fsp3) is 0.353. The number of anilines is 1. The predicted octanol–water partition coefficient (Wildman–Crippen LogP) is 3.21. The molecule has 0 atom stereocenters. The number of nitrogens with zero attached hydrogens (tertiary/aromatic N) is 2. The number of carbonyl (C=O) groups excluding carboxylic acids is 2. The summed E-state index contributed by atoms with van der Waals surface area (Å²) in [5, 5.41) is 2.88. The number of urea groups is 1. The van der Waals surface area contributed by atoms with Crippen LogP contribution in [0.15, 0.2) is 34.9 Å². The molecule has 2 amide bonds. The van der Waals surface area contributed by atoms with Crippen molar-refractivity contribution in [1.29, 1.82) is 0 Å². The largest absolute Gasteiger partial charge is 0.464 e. The molecule has 1 aromatic heterocycles. The van der Waals surface area contributed by atoms with Gasteiger partial charge in [0.2, 0.25) is 5.89 Å². The minimum absolute atomic E-state index is 0.0864. The number of para-hydroxylation sites is 1. The number of methoxy groups -OCH3 is 1.